The maximum atomic E-state index is 11.5. The molecule has 0 heterocycles. The average molecular weight is 270 g/mol. The van der Waals surface area contributed by atoms with Crippen LogP contribution in [0.3, 0.4) is 0 Å². The van der Waals surface area contributed by atoms with Crippen molar-refractivity contribution in [1.29, 1.82) is 0 Å². The fourth-order valence-corrected chi connectivity index (χ4v) is 2.10. The Morgan fingerprint density at radius 2 is 1.94 bits per heavy atom. The van der Waals surface area contributed by atoms with E-state index in [9.17, 15) is 4.79 Å². The van der Waals surface area contributed by atoms with Crippen molar-refractivity contribution in [2.75, 3.05) is 7.11 Å². The SMILES string of the molecule is C=C(O[Si](C)(C)C(C)(C)C)C(C=[N+]=[N-])C(=O)OC. The molecule has 1 atom stereocenters. The van der Waals surface area contributed by atoms with Crippen molar-refractivity contribution in [3.8, 4) is 0 Å². The first-order valence-electron chi connectivity index (χ1n) is 5.70. The molecule has 0 rings (SSSR count). The molecule has 0 aromatic heterocycles. The van der Waals surface area contributed by atoms with Crippen molar-refractivity contribution >= 4 is 20.5 Å². The van der Waals surface area contributed by atoms with Crippen LogP contribution in [-0.2, 0) is 14.0 Å². The highest BCUT2D eigenvalue weighted by Gasteiger charge is 2.41. The number of ether oxygens (including phenoxy) is 1. The van der Waals surface area contributed by atoms with Crippen LogP contribution >= 0.6 is 0 Å². The van der Waals surface area contributed by atoms with E-state index in [1.54, 1.807) is 0 Å². The van der Waals surface area contributed by atoms with E-state index in [1.165, 1.54) is 7.11 Å². The number of hydrogen-bond donors (Lipinski definition) is 0. The van der Waals surface area contributed by atoms with E-state index < -0.39 is 20.2 Å². The van der Waals surface area contributed by atoms with Gasteiger partial charge in [-0.2, -0.15) is 4.79 Å². The first-order valence-corrected chi connectivity index (χ1v) is 8.61. The summed E-state index contributed by atoms with van der Waals surface area (Å²) in [5.41, 5.74) is 8.56. The van der Waals surface area contributed by atoms with Crippen LogP contribution in [0.15, 0.2) is 12.3 Å². The van der Waals surface area contributed by atoms with Crippen LogP contribution in [0.2, 0.25) is 18.1 Å². The molecule has 0 radical (unpaired) electrons. The molecule has 0 amide bonds. The fourth-order valence-electron chi connectivity index (χ4n) is 1.01. The normalized spacial score (nSPS) is 13.2. The van der Waals surface area contributed by atoms with Gasteiger partial charge in [0.2, 0.25) is 14.2 Å². The van der Waals surface area contributed by atoms with Gasteiger partial charge in [-0.3, -0.25) is 4.79 Å². The monoisotopic (exact) mass is 270 g/mol. The minimum absolute atomic E-state index is 0.00698. The lowest BCUT2D eigenvalue weighted by molar-refractivity contribution is -0.143. The number of carbonyl (C=O) groups excluding carboxylic acids is 1. The number of methoxy groups -OCH3 is 1. The Kier molecular flexibility index (Phi) is 5.51. The number of rotatable bonds is 5. The molecule has 0 saturated heterocycles. The van der Waals surface area contributed by atoms with Gasteiger partial charge in [-0.05, 0) is 18.1 Å². The molecule has 0 aliphatic heterocycles. The minimum Gasteiger partial charge on any atom is -0.546 e. The summed E-state index contributed by atoms with van der Waals surface area (Å²) in [6, 6.07) is 0. The first kappa shape index (κ1) is 16.6. The van der Waals surface area contributed by atoms with E-state index in [0.717, 1.165) is 6.21 Å². The molecule has 0 spiro atoms. The predicted molar refractivity (Wildman–Crippen MR) is 72.6 cm³/mol. The van der Waals surface area contributed by atoms with Gasteiger partial charge in [-0.1, -0.05) is 27.4 Å². The van der Waals surface area contributed by atoms with E-state index in [-0.39, 0.29) is 10.8 Å². The van der Waals surface area contributed by atoms with Crippen LogP contribution in [-0.4, -0.2) is 32.4 Å². The Hall–Kier alpha value is -1.39. The second-order valence-electron chi connectivity index (χ2n) is 5.59. The summed E-state index contributed by atoms with van der Waals surface area (Å²) >= 11 is 0. The highest BCUT2D eigenvalue weighted by Crippen LogP contribution is 2.38. The van der Waals surface area contributed by atoms with Gasteiger partial charge in [-0.25, -0.2) is 0 Å². The molecular formula is C12H22N2O3Si. The van der Waals surface area contributed by atoms with Crippen molar-refractivity contribution in [2.24, 2.45) is 5.92 Å². The summed E-state index contributed by atoms with van der Waals surface area (Å²) in [7, 11) is -0.805. The topological polar surface area (TPSA) is 71.9 Å². The highest BCUT2D eigenvalue weighted by atomic mass is 28.4. The van der Waals surface area contributed by atoms with Crippen LogP contribution in [0.4, 0.5) is 0 Å². The first-order chi connectivity index (χ1) is 8.06. The predicted octanol–water partition coefficient (Wildman–Crippen LogP) is 2.61. The summed E-state index contributed by atoms with van der Waals surface area (Å²) in [5, 5.41) is -0.00698. The van der Waals surface area contributed by atoms with E-state index in [0.29, 0.717) is 0 Å². The van der Waals surface area contributed by atoms with Crippen LogP contribution < -0.4 is 0 Å². The van der Waals surface area contributed by atoms with Gasteiger partial charge >= 0.3 is 5.97 Å². The smallest absolute Gasteiger partial charge is 0.327 e. The Labute approximate surface area is 110 Å². The molecule has 0 N–H and O–H groups in total. The number of esters is 1. The van der Waals surface area contributed by atoms with Gasteiger partial charge < -0.3 is 14.7 Å². The standard InChI is InChI=1S/C12H22N2O3Si/c1-9(10(8-14-13)11(15)16-5)17-18(6,7)12(2,3)4/h8,10H,1H2,2-7H3. The second-order valence-corrected chi connectivity index (χ2v) is 10.3. The molecule has 102 valence electrons. The van der Waals surface area contributed by atoms with Crippen molar-refractivity contribution in [3.05, 3.63) is 17.9 Å². The number of nitrogens with zero attached hydrogens (tertiary/aromatic N) is 2. The third kappa shape index (κ3) is 4.12. The summed E-state index contributed by atoms with van der Waals surface area (Å²) in [4.78, 5) is 14.4. The van der Waals surface area contributed by atoms with Crippen LogP contribution in [0.1, 0.15) is 20.8 Å². The lowest BCUT2D eigenvalue weighted by Crippen LogP contribution is -2.42. The lowest BCUT2D eigenvalue weighted by atomic mass is 10.1. The molecular weight excluding hydrogens is 248 g/mol. The molecule has 0 fully saturated rings. The van der Waals surface area contributed by atoms with Gasteiger partial charge in [0, 0.05) is 0 Å². The summed E-state index contributed by atoms with van der Waals surface area (Å²) < 4.78 is 10.5. The van der Waals surface area contributed by atoms with Gasteiger partial charge in [0.25, 0.3) is 6.21 Å². The quantitative estimate of drug-likeness (QED) is 0.192. The van der Waals surface area contributed by atoms with Crippen molar-refractivity contribution < 1.29 is 18.7 Å². The van der Waals surface area contributed by atoms with Crippen molar-refractivity contribution in [1.82, 2.24) is 0 Å². The van der Waals surface area contributed by atoms with Gasteiger partial charge in [0.05, 0.1) is 12.9 Å². The molecule has 0 aromatic carbocycles. The summed E-state index contributed by atoms with van der Waals surface area (Å²) in [6.45, 7) is 14.1. The van der Waals surface area contributed by atoms with Crippen LogP contribution in [0, 0.1) is 5.92 Å². The van der Waals surface area contributed by atoms with E-state index in [2.05, 4.69) is 36.9 Å². The largest absolute Gasteiger partial charge is 0.546 e. The molecule has 0 bridgehead atoms. The van der Waals surface area contributed by atoms with Crippen molar-refractivity contribution in [3.63, 3.8) is 0 Å². The van der Waals surface area contributed by atoms with Crippen molar-refractivity contribution in [2.45, 2.75) is 38.9 Å². The molecule has 1 unspecified atom stereocenters. The van der Waals surface area contributed by atoms with Gasteiger partial charge in [0.1, 0.15) is 0 Å². The second kappa shape index (κ2) is 5.98. The van der Waals surface area contributed by atoms with Crippen LogP contribution in [0.5, 0.6) is 0 Å². The Morgan fingerprint density at radius 3 is 2.28 bits per heavy atom. The maximum Gasteiger partial charge on any atom is 0.327 e. The molecule has 0 aliphatic rings. The molecule has 0 aromatic rings. The molecule has 0 saturated carbocycles. The Bertz CT molecular complexity index is 379. The third-order valence-electron chi connectivity index (χ3n) is 3.21. The lowest BCUT2D eigenvalue weighted by Gasteiger charge is -2.37. The number of carbonyl (C=O) groups is 1. The summed E-state index contributed by atoms with van der Waals surface area (Å²) in [6.07, 6.45) is 1.06. The molecule has 18 heavy (non-hydrogen) atoms. The van der Waals surface area contributed by atoms with Gasteiger partial charge in [0.15, 0.2) is 0 Å². The fraction of sp³-hybridized carbons (Fsp3) is 0.667. The van der Waals surface area contributed by atoms with E-state index in [1.807, 2.05) is 13.1 Å². The Balaban J connectivity index is 5.04. The minimum atomic E-state index is -2.07. The summed E-state index contributed by atoms with van der Waals surface area (Å²) in [5.74, 6) is -1.18. The molecule has 6 heteroatoms. The molecule has 5 nitrogen and oxygen atoms in total. The average Bonchev–Trinajstić information content (AvgIpc) is 2.22. The third-order valence-corrected chi connectivity index (χ3v) is 7.60. The number of hydrogen-bond acceptors (Lipinski definition) is 3. The van der Waals surface area contributed by atoms with E-state index in [4.69, 9.17) is 9.96 Å². The zero-order valence-corrected chi connectivity index (χ0v) is 13.0. The van der Waals surface area contributed by atoms with Crippen LogP contribution in [0.25, 0.3) is 5.53 Å². The molecule has 0 aliphatic carbocycles. The van der Waals surface area contributed by atoms with Gasteiger partial charge in [-0.15, -0.1) is 0 Å². The highest BCUT2D eigenvalue weighted by molar-refractivity contribution is 6.74. The Morgan fingerprint density at radius 1 is 1.44 bits per heavy atom. The van der Waals surface area contributed by atoms with E-state index >= 15 is 0 Å². The maximum absolute atomic E-state index is 11.5. The zero-order chi connectivity index (χ0) is 14.6. The zero-order valence-electron chi connectivity index (χ0n) is 12.0.